The summed E-state index contributed by atoms with van der Waals surface area (Å²) in [6.45, 7) is 11.5. The van der Waals surface area contributed by atoms with Crippen LogP contribution >= 0.6 is 0 Å². The second kappa shape index (κ2) is 15.9. The van der Waals surface area contributed by atoms with Crippen molar-refractivity contribution in [3.8, 4) is 0 Å². The monoisotopic (exact) mass is 528 g/mol. The van der Waals surface area contributed by atoms with Crippen molar-refractivity contribution >= 4 is 35.4 Å². The van der Waals surface area contributed by atoms with E-state index in [4.69, 9.17) is 15.2 Å². The Morgan fingerprint density at radius 3 is 2.19 bits per heavy atom. The maximum Gasteiger partial charge on any atom is 0.338 e. The van der Waals surface area contributed by atoms with Gasteiger partial charge in [0.05, 0.1) is 12.6 Å². The lowest BCUT2D eigenvalue weighted by Gasteiger charge is -2.23. The molecule has 4 amide bonds. The number of esters is 1. The lowest BCUT2D eigenvalue weighted by Crippen LogP contribution is -2.56. The minimum absolute atomic E-state index is 0.0137. The number of rotatable bonds is 17. The number of ether oxygens (including phenoxy) is 2. The molecule has 0 spiro atoms. The van der Waals surface area contributed by atoms with Crippen LogP contribution in [0, 0.1) is 0 Å². The van der Waals surface area contributed by atoms with Crippen LogP contribution in [0.5, 0.6) is 0 Å². The Kier molecular flexibility index (Phi) is 13.7. The third-order valence-corrected chi connectivity index (χ3v) is 5.70. The number of hydrogen-bond acceptors (Lipinski definition) is 10. The summed E-state index contributed by atoms with van der Waals surface area (Å²) in [7, 11) is 0. The summed E-state index contributed by atoms with van der Waals surface area (Å²) >= 11 is 0. The van der Waals surface area contributed by atoms with E-state index in [-0.39, 0.29) is 25.2 Å². The number of primary amides is 1. The molecule has 1 heterocycles. The van der Waals surface area contributed by atoms with Crippen LogP contribution in [0.25, 0.3) is 0 Å². The fraction of sp³-hybridized carbons (Fsp3) is 0.739. The Balaban J connectivity index is 2.51. The molecule has 1 aliphatic rings. The number of epoxide rings is 1. The SMILES string of the molecule is CCOC(=O)C1OC1C(=O)N(CC(N)=O)NC(=O)[C@H](C)NC(=O)CCC(=O)C(C)NCCN(CC)CC. The molecule has 5 N–H and O–H groups in total. The first-order valence-electron chi connectivity index (χ1n) is 12.4. The van der Waals surface area contributed by atoms with E-state index in [2.05, 4.69) is 34.8 Å². The highest BCUT2D eigenvalue weighted by Crippen LogP contribution is 2.25. The van der Waals surface area contributed by atoms with Crippen LogP contribution < -0.4 is 21.8 Å². The number of carbonyl (C=O) groups is 6. The van der Waals surface area contributed by atoms with Crippen LogP contribution in [-0.2, 0) is 38.2 Å². The molecule has 4 atom stereocenters. The molecule has 210 valence electrons. The van der Waals surface area contributed by atoms with E-state index in [0.29, 0.717) is 11.6 Å². The maximum absolute atomic E-state index is 12.6. The van der Waals surface area contributed by atoms with E-state index in [9.17, 15) is 28.8 Å². The predicted molar refractivity (Wildman–Crippen MR) is 131 cm³/mol. The fourth-order valence-corrected chi connectivity index (χ4v) is 3.34. The molecular weight excluding hydrogens is 488 g/mol. The average molecular weight is 529 g/mol. The average Bonchev–Trinajstić information content (AvgIpc) is 3.65. The minimum atomic E-state index is -1.22. The van der Waals surface area contributed by atoms with Crippen LogP contribution in [0.3, 0.4) is 0 Å². The molecule has 1 fully saturated rings. The van der Waals surface area contributed by atoms with Gasteiger partial charge in [0, 0.05) is 25.9 Å². The van der Waals surface area contributed by atoms with E-state index in [0.717, 1.165) is 19.6 Å². The molecule has 0 aromatic carbocycles. The summed E-state index contributed by atoms with van der Waals surface area (Å²) in [5.74, 6) is -4.00. The summed E-state index contributed by atoms with van der Waals surface area (Å²) < 4.78 is 9.78. The second-order valence-electron chi connectivity index (χ2n) is 8.55. The number of hydrazine groups is 1. The number of nitrogens with two attached hydrogens (primary N) is 1. The Hall–Kier alpha value is -3.10. The Labute approximate surface area is 216 Å². The Bertz CT molecular complexity index is 834. The molecule has 0 bridgehead atoms. The number of Topliss-reactive ketones (excluding diaryl/α,β-unsaturated/α-hetero) is 1. The number of carbonyl (C=O) groups excluding carboxylic acids is 6. The van der Waals surface area contributed by atoms with Gasteiger partial charge in [0.1, 0.15) is 18.4 Å². The topological polar surface area (TPSA) is 193 Å². The van der Waals surface area contributed by atoms with Crippen molar-refractivity contribution in [1.29, 1.82) is 0 Å². The lowest BCUT2D eigenvalue weighted by atomic mass is 10.1. The first kappa shape index (κ1) is 31.9. The van der Waals surface area contributed by atoms with Gasteiger partial charge in [-0.2, -0.15) is 0 Å². The van der Waals surface area contributed by atoms with Crippen LogP contribution in [-0.4, -0.2) is 109 Å². The molecular formula is C23H40N6O8. The van der Waals surface area contributed by atoms with E-state index in [1.54, 1.807) is 13.8 Å². The second-order valence-corrected chi connectivity index (χ2v) is 8.55. The molecule has 14 heteroatoms. The molecule has 1 aliphatic heterocycles. The highest BCUT2D eigenvalue weighted by molar-refractivity contribution is 5.96. The number of nitrogens with zero attached hydrogens (tertiary/aromatic N) is 2. The molecule has 14 nitrogen and oxygen atoms in total. The highest BCUT2D eigenvalue weighted by atomic mass is 16.6. The van der Waals surface area contributed by atoms with Gasteiger partial charge in [0.25, 0.3) is 11.8 Å². The number of likely N-dealkylation sites (N-methyl/N-ethyl adjacent to an activating group) is 1. The largest absolute Gasteiger partial charge is 0.464 e. The molecule has 1 saturated heterocycles. The minimum Gasteiger partial charge on any atom is -0.464 e. The lowest BCUT2D eigenvalue weighted by molar-refractivity contribution is -0.146. The van der Waals surface area contributed by atoms with E-state index in [1.165, 1.54) is 6.92 Å². The van der Waals surface area contributed by atoms with Crippen molar-refractivity contribution in [2.75, 3.05) is 39.3 Å². The van der Waals surface area contributed by atoms with E-state index in [1.807, 2.05) is 0 Å². The molecule has 0 aromatic rings. The smallest absolute Gasteiger partial charge is 0.338 e. The molecule has 1 rings (SSSR count). The zero-order chi connectivity index (χ0) is 28.1. The third-order valence-electron chi connectivity index (χ3n) is 5.70. The summed E-state index contributed by atoms with van der Waals surface area (Å²) in [4.78, 5) is 75.0. The van der Waals surface area contributed by atoms with Crippen LogP contribution in [0.1, 0.15) is 47.5 Å². The standard InChI is InChI=1S/C23H40N6O8/c1-6-28(7-2)12-11-25-14(4)16(30)9-10-18(32)26-15(5)21(33)27-29(13-17(24)31)22(34)19-20(37-19)23(35)36-8-3/h14-15,19-20,25H,6-13H2,1-5H3,(H2,24,31)(H,26,32)(H,27,33)/t14?,15-,19?,20?/m0/s1. The first-order valence-corrected chi connectivity index (χ1v) is 12.4. The first-order chi connectivity index (χ1) is 17.4. The normalized spacial score (nSPS) is 17.9. The zero-order valence-electron chi connectivity index (χ0n) is 22.2. The summed E-state index contributed by atoms with van der Waals surface area (Å²) in [5, 5.41) is 6.22. The van der Waals surface area contributed by atoms with E-state index < -0.39 is 60.4 Å². The Morgan fingerprint density at radius 2 is 1.62 bits per heavy atom. The van der Waals surface area contributed by atoms with E-state index >= 15 is 0 Å². The molecule has 0 aromatic heterocycles. The number of ketones is 1. The highest BCUT2D eigenvalue weighted by Gasteiger charge is 2.53. The third kappa shape index (κ3) is 11.2. The van der Waals surface area contributed by atoms with Gasteiger partial charge in [-0.3, -0.25) is 29.4 Å². The summed E-state index contributed by atoms with van der Waals surface area (Å²) in [5.41, 5.74) is 7.36. The van der Waals surface area contributed by atoms with Gasteiger partial charge in [0.2, 0.25) is 11.8 Å². The Morgan fingerprint density at radius 1 is 0.973 bits per heavy atom. The van der Waals surface area contributed by atoms with Crippen molar-refractivity contribution in [2.24, 2.45) is 5.73 Å². The van der Waals surface area contributed by atoms with Gasteiger partial charge in [-0.1, -0.05) is 13.8 Å². The van der Waals surface area contributed by atoms with Gasteiger partial charge >= 0.3 is 5.97 Å². The molecule has 37 heavy (non-hydrogen) atoms. The van der Waals surface area contributed by atoms with Gasteiger partial charge in [-0.15, -0.1) is 0 Å². The van der Waals surface area contributed by atoms with Crippen molar-refractivity contribution in [1.82, 2.24) is 26.0 Å². The van der Waals surface area contributed by atoms with Crippen molar-refractivity contribution < 1.29 is 38.2 Å². The fourth-order valence-electron chi connectivity index (χ4n) is 3.34. The number of hydrogen-bond donors (Lipinski definition) is 4. The summed E-state index contributed by atoms with van der Waals surface area (Å²) in [6.07, 6.45) is -2.50. The molecule has 3 unspecified atom stereocenters. The van der Waals surface area contributed by atoms with Gasteiger partial charge in [-0.05, 0) is 33.9 Å². The quantitative estimate of drug-likeness (QED) is 0.0917. The van der Waals surface area contributed by atoms with Gasteiger partial charge in [-0.25, -0.2) is 9.80 Å². The summed E-state index contributed by atoms with van der Waals surface area (Å²) in [6, 6.07) is -1.52. The molecule has 0 saturated carbocycles. The molecule has 0 radical (unpaired) electrons. The van der Waals surface area contributed by atoms with Crippen molar-refractivity contribution in [3.05, 3.63) is 0 Å². The van der Waals surface area contributed by atoms with Crippen molar-refractivity contribution in [3.63, 3.8) is 0 Å². The van der Waals surface area contributed by atoms with Gasteiger partial charge < -0.3 is 30.7 Å². The number of nitrogens with one attached hydrogen (secondary N) is 3. The maximum atomic E-state index is 12.6. The van der Waals surface area contributed by atoms with Crippen molar-refractivity contribution in [2.45, 2.75) is 71.8 Å². The predicted octanol–water partition coefficient (Wildman–Crippen LogP) is -2.16. The zero-order valence-corrected chi connectivity index (χ0v) is 22.2. The van der Waals surface area contributed by atoms with Crippen LogP contribution in [0.15, 0.2) is 0 Å². The van der Waals surface area contributed by atoms with Gasteiger partial charge in [0.15, 0.2) is 12.2 Å². The molecule has 0 aliphatic carbocycles. The number of amides is 4. The van der Waals surface area contributed by atoms with Crippen LogP contribution in [0.2, 0.25) is 0 Å². The van der Waals surface area contributed by atoms with Crippen LogP contribution in [0.4, 0.5) is 0 Å².